The van der Waals surface area contributed by atoms with Gasteiger partial charge in [0.05, 0.1) is 0 Å². The Hall–Kier alpha value is -2.64. The summed E-state index contributed by atoms with van der Waals surface area (Å²) >= 11 is 1.67. The number of aryl methyl sites for hydroxylation is 2. The first-order valence-electron chi connectivity index (χ1n) is 8.46. The molecule has 0 spiro atoms. The number of hydrogen-bond acceptors (Lipinski definition) is 3. The summed E-state index contributed by atoms with van der Waals surface area (Å²) in [5.41, 5.74) is 3.38. The maximum absolute atomic E-state index is 12.4. The zero-order chi connectivity index (χ0) is 17.8. The van der Waals surface area contributed by atoms with Gasteiger partial charge in [0.1, 0.15) is 11.6 Å². The van der Waals surface area contributed by atoms with Crippen molar-refractivity contribution in [2.24, 2.45) is 0 Å². The number of unbranched alkanes of at least 4 members (excludes halogenated alkanes) is 1. The largest absolute Gasteiger partial charge is 0.321 e. The van der Waals surface area contributed by atoms with E-state index in [9.17, 15) is 10.1 Å². The highest BCUT2D eigenvalue weighted by molar-refractivity contribution is 7.15. The second-order valence-corrected chi connectivity index (χ2v) is 7.32. The summed E-state index contributed by atoms with van der Waals surface area (Å²) in [6.07, 6.45) is 3.34. The Balaban J connectivity index is 2.10. The van der Waals surface area contributed by atoms with Crippen LogP contribution in [0.1, 0.15) is 35.8 Å². The molecule has 4 heteroatoms. The number of H-pyrrole nitrogens is 1. The molecule has 0 unspecified atom stereocenters. The van der Waals surface area contributed by atoms with E-state index in [1.165, 1.54) is 4.88 Å². The number of hydrogen-bond donors (Lipinski definition) is 1. The second kappa shape index (κ2) is 7.50. The molecular formula is C21H20N2OS. The third-order valence-corrected chi connectivity index (χ3v) is 5.36. The minimum Gasteiger partial charge on any atom is -0.321 e. The van der Waals surface area contributed by atoms with Crippen molar-refractivity contribution in [2.45, 2.75) is 33.1 Å². The van der Waals surface area contributed by atoms with Gasteiger partial charge in [0.2, 0.25) is 0 Å². The van der Waals surface area contributed by atoms with Crippen LogP contribution in [0.5, 0.6) is 0 Å². The molecule has 0 saturated carbocycles. The van der Waals surface area contributed by atoms with E-state index in [4.69, 9.17) is 0 Å². The van der Waals surface area contributed by atoms with Crippen molar-refractivity contribution in [1.82, 2.24) is 4.98 Å². The molecule has 0 fully saturated rings. The zero-order valence-electron chi connectivity index (χ0n) is 14.4. The number of rotatable bonds is 5. The van der Waals surface area contributed by atoms with E-state index in [1.807, 2.05) is 43.3 Å². The number of benzene rings is 1. The van der Waals surface area contributed by atoms with E-state index in [0.717, 1.165) is 46.5 Å². The van der Waals surface area contributed by atoms with Gasteiger partial charge in [-0.05, 0) is 49.6 Å². The highest BCUT2D eigenvalue weighted by Crippen LogP contribution is 2.32. The molecule has 0 radical (unpaired) electrons. The summed E-state index contributed by atoms with van der Waals surface area (Å²) in [6.45, 7) is 4.19. The molecule has 3 nitrogen and oxygen atoms in total. The molecule has 1 aromatic carbocycles. The van der Waals surface area contributed by atoms with Gasteiger partial charge >= 0.3 is 0 Å². The molecule has 2 aromatic heterocycles. The van der Waals surface area contributed by atoms with Crippen LogP contribution in [0.4, 0.5) is 0 Å². The van der Waals surface area contributed by atoms with Crippen LogP contribution in [0, 0.1) is 18.3 Å². The molecule has 3 rings (SSSR count). The molecule has 3 aromatic rings. The molecule has 2 heterocycles. The van der Waals surface area contributed by atoms with Gasteiger partial charge in [0, 0.05) is 21.0 Å². The molecule has 0 saturated heterocycles. The normalized spacial score (nSPS) is 10.6. The fraction of sp³-hybridized carbons (Fsp3) is 0.238. The summed E-state index contributed by atoms with van der Waals surface area (Å²) < 4.78 is 0. The molecule has 0 aliphatic heterocycles. The van der Waals surface area contributed by atoms with Crippen LogP contribution >= 0.6 is 11.3 Å². The number of thiophene rings is 1. The fourth-order valence-electron chi connectivity index (χ4n) is 2.84. The third kappa shape index (κ3) is 3.72. The molecule has 0 amide bonds. The van der Waals surface area contributed by atoms with Crippen LogP contribution in [0.3, 0.4) is 0 Å². The van der Waals surface area contributed by atoms with Gasteiger partial charge in [-0.25, -0.2) is 0 Å². The summed E-state index contributed by atoms with van der Waals surface area (Å²) in [7, 11) is 0. The lowest BCUT2D eigenvalue weighted by atomic mass is 10.0. The lowest BCUT2D eigenvalue weighted by Crippen LogP contribution is -2.12. The quantitative estimate of drug-likeness (QED) is 0.681. The highest BCUT2D eigenvalue weighted by atomic mass is 32.1. The van der Waals surface area contributed by atoms with Crippen LogP contribution in [0.2, 0.25) is 0 Å². The first-order chi connectivity index (χ1) is 12.1. The van der Waals surface area contributed by atoms with E-state index in [-0.39, 0.29) is 11.1 Å². The van der Waals surface area contributed by atoms with Crippen molar-refractivity contribution < 1.29 is 0 Å². The van der Waals surface area contributed by atoms with Crippen LogP contribution in [-0.4, -0.2) is 4.98 Å². The lowest BCUT2D eigenvalue weighted by Gasteiger charge is -2.07. The Morgan fingerprint density at radius 2 is 2.04 bits per heavy atom. The van der Waals surface area contributed by atoms with Crippen molar-refractivity contribution in [3.63, 3.8) is 0 Å². The molecule has 0 aliphatic carbocycles. The monoisotopic (exact) mass is 348 g/mol. The highest BCUT2D eigenvalue weighted by Gasteiger charge is 2.14. The van der Waals surface area contributed by atoms with Gasteiger partial charge in [-0.3, -0.25) is 4.79 Å². The Labute approximate surface area is 151 Å². The van der Waals surface area contributed by atoms with Gasteiger partial charge in [0.25, 0.3) is 5.56 Å². The fourth-order valence-corrected chi connectivity index (χ4v) is 3.91. The van der Waals surface area contributed by atoms with Gasteiger partial charge < -0.3 is 4.98 Å². The predicted octanol–water partition coefficient (Wildman–Crippen LogP) is 5.29. The average Bonchev–Trinajstić information content (AvgIpc) is 3.08. The van der Waals surface area contributed by atoms with Crippen LogP contribution < -0.4 is 5.56 Å². The molecule has 25 heavy (non-hydrogen) atoms. The Kier molecular flexibility index (Phi) is 5.16. The standard InChI is InChI=1S/C21H20N2OS/c1-3-4-8-16-9-10-20(25-16)17-12-19(23-21(24)18(17)13-22)15-7-5-6-14(2)11-15/h5-7,9-12H,3-4,8H2,1-2H3,(H,23,24). The number of pyridine rings is 1. The number of aromatic amines is 1. The van der Waals surface area contributed by atoms with Crippen molar-refractivity contribution >= 4 is 11.3 Å². The van der Waals surface area contributed by atoms with Crippen molar-refractivity contribution in [3.05, 3.63) is 68.8 Å². The van der Waals surface area contributed by atoms with Gasteiger partial charge in [-0.1, -0.05) is 37.1 Å². The van der Waals surface area contributed by atoms with E-state index < -0.39 is 0 Å². The Morgan fingerprint density at radius 3 is 2.76 bits per heavy atom. The summed E-state index contributed by atoms with van der Waals surface area (Å²) in [5, 5.41) is 9.45. The van der Waals surface area contributed by atoms with Gasteiger partial charge in [0.15, 0.2) is 0 Å². The van der Waals surface area contributed by atoms with Crippen LogP contribution in [0.15, 0.2) is 47.3 Å². The molecule has 1 N–H and O–H groups in total. The van der Waals surface area contributed by atoms with Crippen molar-refractivity contribution in [2.75, 3.05) is 0 Å². The first-order valence-corrected chi connectivity index (χ1v) is 9.27. The summed E-state index contributed by atoms with van der Waals surface area (Å²) in [4.78, 5) is 17.5. The van der Waals surface area contributed by atoms with E-state index >= 15 is 0 Å². The average molecular weight is 348 g/mol. The molecule has 0 atom stereocenters. The number of nitriles is 1. The molecule has 126 valence electrons. The summed E-state index contributed by atoms with van der Waals surface area (Å²) in [5.74, 6) is 0. The lowest BCUT2D eigenvalue weighted by molar-refractivity contribution is 0.804. The Morgan fingerprint density at radius 1 is 1.20 bits per heavy atom. The maximum atomic E-state index is 12.4. The summed E-state index contributed by atoms with van der Waals surface area (Å²) in [6, 6.07) is 16.1. The smallest absolute Gasteiger partial charge is 0.267 e. The van der Waals surface area contributed by atoms with Crippen LogP contribution in [0.25, 0.3) is 21.7 Å². The molecule has 0 bridgehead atoms. The minimum atomic E-state index is -0.333. The number of aromatic nitrogens is 1. The van der Waals surface area contributed by atoms with E-state index in [0.29, 0.717) is 0 Å². The third-order valence-electron chi connectivity index (χ3n) is 4.18. The van der Waals surface area contributed by atoms with Crippen molar-refractivity contribution in [3.8, 4) is 27.8 Å². The molecule has 0 aliphatic rings. The maximum Gasteiger partial charge on any atom is 0.267 e. The number of nitrogens with one attached hydrogen (secondary N) is 1. The van der Waals surface area contributed by atoms with E-state index in [2.05, 4.69) is 24.0 Å². The predicted molar refractivity (Wildman–Crippen MR) is 104 cm³/mol. The van der Waals surface area contributed by atoms with Gasteiger partial charge in [-0.15, -0.1) is 11.3 Å². The number of nitrogens with zero attached hydrogens (tertiary/aromatic N) is 1. The van der Waals surface area contributed by atoms with Crippen molar-refractivity contribution in [1.29, 1.82) is 5.26 Å². The second-order valence-electron chi connectivity index (χ2n) is 6.15. The Bertz CT molecular complexity index is 992. The molecular weight excluding hydrogens is 328 g/mol. The van der Waals surface area contributed by atoms with Crippen LogP contribution in [-0.2, 0) is 6.42 Å². The zero-order valence-corrected chi connectivity index (χ0v) is 15.2. The topological polar surface area (TPSA) is 56.6 Å². The SMILES string of the molecule is CCCCc1ccc(-c2cc(-c3cccc(C)c3)[nH]c(=O)c2C#N)s1. The van der Waals surface area contributed by atoms with E-state index in [1.54, 1.807) is 11.3 Å². The first kappa shape index (κ1) is 17.2. The van der Waals surface area contributed by atoms with Gasteiger partial charge in [-0.2, -0.15) is 5.26 Å². The minimum absolute atomic E-state index is 0.181.